The normalized spacial score (nSPS) is 10.0. The quantitative estimate of drug-likeness (QED) is 0.676. The maximum Gasteiger partial charge on any atom is 0.274 e. The van der Waals surface area contributed by atoms with Crippen LogP contribution in [0.25, 0.3) is 0 Å². The van der Waals surface area contributed by atoms with Crippen LogP contribution in [0.3, 0.4) is 0 Å². The number of anilines is 3. The maximum absolute atomic E-state index is 12.6. The van der Waals surface area contributed by atoms with Gasteiger partial charge in [-0.1, -0.05) is 12.1 Å². The predicted molar refractivity (Wildman–Crippen MR) is 107 cm³/mol. The molecule has 0 spiro atoms. The fourth-order valence-corrected chi connectivity index (χ4v) is 2.55. The largest absolute Gasteiger partial charge is 0.494 e. The third-order valence-electron chi connectivity index (χ3n) is 3.80. The zero-order valence-electron chi connectivity index (χ0n) is 15.6. The van der Waals surface area contributed by atoms with Gasteiger partial charge in [0.2, 0.25) is 5.95 Å². The van der Waals surface area contributed by atoms with Crippen molar-refractivity contribution in [2.24, 2.45) is 0 Å². The molecule has 0 aliphatic carbocycles. The molecule has 1 amide bonds. The summed E-state index contributed by atoms with van der Waals surface area (Å²) in [6.07, 6.45) is 0. The number of nitrogens with one attached hydrogen (secondary N) is 2. The van der Waals surface area contributed by atoms with E-state index in [1.165, 1.54) is 0 Å². The Morgan fingerprint density at radius 2 is 1.89 bits per heavy atom. The van der Waals surface area contributed by atoms with Gasteiger partial charge >= 0.3 is 0 Å². The Balaban J connectivity index is 1.78. The summed E-state index contributed by atoms with van der Waals surface area (Å²) in [7, 11) is 0. The Hall–Kier alpha value is -3.92. The minimum absolute atomic E-state index is 0.221. The van der Waals surface area contributed by atoms with Gasteiger partial charge in [-0.3, -0.25) is 4.79 Å². The van der Waals surface area contributed by atoms with E-state index in [-0.39, 0.29) is 17.5 Å². The highest BCUT2D eigenvalue weighted by Gasteiger charge is 2.12. The summed E-state index contributed by atoms with van der Waals surface area (Å²) in [5.74, 6) is 0.631. The molecule has 0 unspecified atom stereocenters. The molecule has 1 heterocycles. The van der Waals surface area contributed by atoms with Crippen LogP contribution in [0.5, 0.6) is 5.75 Å². The van der Waals surface area contributed by atoms with E-state index in [1.54, 1.807) is 61.5 Å². The second-order valence-electron chi connectivity index (χ2n) is 5.91. The first-order valence-electron chi connectivity index (χ1n) is 8.75. The average molecular weight is 373 g/mol. The summed E-state index contributed by atoms with van der Waals surface area (Å²) in [4.78, 5) is 21.2. The number of benzene rings is 2. The van der Waals surface area contributed by atoms with Crippen molar-refractivity contribution in [3.05, 3.63) is 71.5 Å². The SMILES string of the molecule is CCOc1ccc(NC(=O)c2cc(C)nc(Nc3ccccc3C#N)n2)cc1. The number of amides is 1. The molecule has 2 aromatic carbocycles. The maximum atomic E-state index is 12.6. The Labute approximate surface area is 163 Å². The van der Waals surface area contributed by atoms with Gasteiger partial charge in [-0.05, 0) is 56.3 Å². The van der Waals surface area contributed by atoms with Gasteiger partial charge in [-0.15, -0.1) is 0 Å². The monoisotopic (exact) mass is 373 g/mol. The van der Waals surface area contributed by atoms with Crippen LogP contribution in [0, 0.1) is 18.3 Å². The Kier molecular flexibility index (Phi) is 5.82. The first-order valence-corrected chi connectivity index (χ1v) is 8.75. The zero-order chi connectivity index (χ0) is 19.9. The standard InChI is InChI=1S/C21H19N5O2/c1-3-28-17-10-8-16(9-11-17)24-20(27)19-12-14(2)23-21(26-19)25-18-7-5-4-6-15(18)13-22/h4-12H,3H2,1-2H3,(H,24,27)(H,23,25,26). The number of carbonyl (C=O) groups excluding carboxylic acids is 1. The van der Waals surface area contributed by atoms with Gasteiger partial charge in [0.05, 0.1) is 17.9 Å². The molecule has 28 heavy (non-hydrogen) atoms. The summed E-state index contributed by atoms with van der Waals surface area (Å²) in [6, 6.07) is 17.8. The van der Waals surface area contributed by atoms with Gasteiger partial charge in [0.15, 0.2) is 0 Å². The highest BCUT2D eigenvalue weighted by atomic mass is 16.5. The molecule has 140 valence electrons. The van der Waals surface area contributed by atoms with Gasteiger partial charge in [-0.2, -0.15) is 5.26 Å². The van der Waals surface area contributed by atoms with Crippen molar-refractivity contribution in [1.82, 2.24) is 9.97 Å². The van der Waals surface area contributed by atoms with Crippen molar-refractivity contribution in [3.8, 4) is 11.8 Å². The Morgan fingerprint density at radius 1 is 1.14 bits per heavy atom. The van der Waals surface area contributed by atoms with Gasteiger partial charge in [0.25, 0.3) is 5.91 Å². The van der Waals surface area contributed by atoms with E-state index in [0.717, 1.165) is 5.75 Å². The molecule has 3 aromatic rings. The number of aromatic nitrogens is 2. The fourth-order valence-electron chi connectivity index (χ4n) is 2.55. The van der Waals surface area contributed by atoms with Crippen LogP contribution < -0.4 is 15.4 Å². The Morgan fingerprint density at radius 3 is 2.61 bits per heavy atom. The molecule has 7 nitrogen and oxygen atoms in total. The number of nitrogens with zero attached hydrogens (tertiary/aromatic N) is 3. The van der Waals surface area contributed by atoms with Crippen LogP contribution in [0.15, 0.2) is 54.6 Å². The van der Waals surface area contributed by atoms with Crippen LogP contribution in [0.2, 0.25) is 0 Å². The van der Waals surface area contributed by atoms with Crippen LogP contribution in [-0.4, -0.2) is 22.5 Å². The van der Waals surface area contributed by atoms with Crippen molar-refractivity contribution in [1.29, 1.82) is 5.26 Å². The molecule has 0 aliphatic heterocycles. The third kappa shape index (κ3) is 4.62. The Bertz CT molecular complexity index is 1030. The van der Waals surface area contributed by atoms with Gasteiger partial charge in [-0.25, -0.2) is 9.97 Å². The minimum Gasteiger partial charge on any atom is -0.494 e. The van der Waals surface area contributed by atoms with Gasteiger partial charge in [0, 0.05) is 11.4 Å². The number of hydrogen-bond acceptors (Lipinski definition) is 6. The molecule has 0 bridgehead atoms. The van der Waals surface area contributed by atoms with Gasteiger partial charge < -0.3 is 15.4 Å². The third-order valence-corrected chi connectivity index (χ3v) is 3.80. The number of aryl methyl sites for hydroxylation is 1. The zero-order valence-corrected chi connectivity index (χ0v) is 15.6. The summed E-state index contributed by atoms with van der Waals surface area (Å²) >= 11 is 0. The van der Waals surface area contributed by atoms with Gasteiger partial charge in [0.1, 0.15) is 17.5 Å². The predicted octanol–water partition coefficient (Wildman–Crippen LogP) is 4.05. The van der Waals surface area contributed by atoms with E-state index < -0.39 is 0 Å². The number of ether oxygens (including phenoxy) is 1. The van der Waals surface area contributed by atoms with Crippen LogP contribution in [0.1, 0.15) is 28.7 Å². The first kappa shape index (κ1) is 18.9. The van der Waals surface area contributed by atoms with Crippen LogP contribution in [0.4, 0.5) is 17.3 Å². The van der Waals surface area contributed by atoms with E-state index >= 15 is 0 Å². The van der Waals surface area contributed by atoms with Crippen LogP contribution in [-0.2, 0) is 0 Å². The molecule has 1 aromatic heterocycles. The second kappa shape index (κ2) is 8.64. The highest BCUT2D eigenvalue weighted by Crippen LogP contribution is 2.19. The van der Waals surface area contributed by atoms with E-state index in [9.17, 15) is 10.1 Å². The van der Waals surface area contributed by atoms with Crippen LogP contribution >= 0.6 is 0 Å². The molecule has 0 aliphatic rings. The summed E-state index contributed by atoms with van der Waals surface area (Å²) in [5, 5.41) is 15.0. The van der Waals surface area contributed by atoms with E-state index in [1.807, 2.05) is 6.92 Å². The van der Waals surface area contributed by atoms with Crippen molar-refractivity contribution < 1.29 is 9.53 Å². The van der Waals surface area contributed by atoms with E-state index in [2.05, 4.69) is 26.7 Å². The molecular weight excluding hydrogens is 354 g/mol. The molecule has 0 atom stereocenters. The molecule has 0 fully saturated rings. The summed E-state index contributed by atoms with van der Waals surface area (Å²) < 4.78 is 5.39. The number of rotatable bonds is 6. The summed E-state index contributed by atoms with van der Waals surface area (Å²) in [5.41, 5.74) is 2.53. The minimum atomic E-state index is -0.355. The number of nitriles is 1. The molecular formula is C21H19N5O2. The molecule has 7 heteroatoms. The second-order valence-corrected chi connectivity index (χ2v) is 5.91. The molecule has 2 N–H and O–H groups in total. The van der Waals surface area contributed by atoms with Crippen molar-refractivity contribution in [2.45, 2.75) is 13.8 Å². The summed E-state index contributed by atoms with van der Waals surface area (Å²) in [6.45, 7) is 4.26. The average Bonchev–Trinajstić information content (AvgIpc) is 2.69. The topological polar surface area (TPSA) is 99.9 Å². The number of carbonyl (C=O) groups is 1. The van der Waals surface area contributed by atoms with Crippen molar-refractivity contribution >= 4 is 23.2 Å². The lowest BCUT2D eigenvalue weighted by Crippen LogP contribution is -2.15. The van der Waals surface area contributed by atoms with E-state index in [4.69, 9.17) is 4.74 Å². The lowest BCUT2D eigenvalue weighted by Gasteiger charge is -2.10. The number of hydrogen-bond donors (Lipinski definition) is 2. The lowest BCUT2D eigenvalue weighted by atomic mass is 10.2. The lowest BCUT2D eigenvalue weighted by molar-refractivity contribution is 0.102. The molecule has 0 saturated carbocycles. The van der Waals surface area contributed by atoms with Crippen molar-refractivity contribution in [2.75, 3.05) is 17.2 Å². The smallest absolute Gasteiger partial charge is 0.274 e. The highest BCUT2D eigenvalue weighted by molar-refractivity contribution is 6.03. The molecule has 3 rings (SSSR count). The number of para-hydroxylation sites is 1. The first-order chi connectivity index (χ1) is 13.6. The fraction of sp³-hybridized carbons (Fsp3) is 0.143. The van der Waals surface area contributed by atoms with Crippen molar-refractivity contribution in [3.63, 3.8) is 0 Å². The molecule has 0 saturated heterocycles. The van der Waals surface area contributed by atoms with E-state index in [0.29, 0.717) is 29.2 Å². The molecule has 0 radical (unpaired) electrons.